The third-order valence-electron chi connectivity index (χ3n) is 3.75. The highest BCUT2D eigenvalue weighted by Crippen LogP contribution is 2.38. The summed E-state index contributed by atoms with van der Waals surface area (Å²) in [6.45, 7) is 5.64. The van der Waals surface area contributed by atoms with Crippen LogP contribution in [0.2, 0.25) is 0 Å². The fourth-order valence-electron chi connectivity index (χ4n) is 2.88. The van der Waals surface area contributed by atoms with Crippen LogP contribution in [0.5, 0.6) is 0 Å². The molecule has 0 aromatic rings. The highest BCUT2D eigenvalue weighted by molar-refractivity contribution is 7.91. The number of allylic oxidation sites excluding steroid dienone is 3. The molecule has 0 fully saturated rings. The van der Waals surface area contributed by atoms with Gasteiger partial charge < -0.3 is 4.74 Å². The van der Waals surface area contributed by atoms with Crippen molar-refractivity contribution in [1.82, 2.24) is 0 Å². The fourth-order valence-corrected chi connectivity index (χ4v) is 4.92. The zero-order valence-electron chi connectivity index (χ0n) is 12.9. The number of aliphatic imine (C=N–C) groups is 1. The van der Waals surface area contributed by atoms with E-state index in [-0.39, 0.29) is 11.5 Å². The zero-order valence-corrected chi connectivity index (χ0v) is 13.7. The van der Waals surface area contributed by atoms with Gasteiger partial charge in [-0.3, -0.25) is 0 Å². The first-order valence-electron chi connectivity index (χ1n) is 6.92. The number of ether oxygens (including phenoxy) is 1. The van der Waals surface area contributed by atoms with Crippen molar-refractivity contribution < 1.29 is 17.9 Å². The standard InChI is InChI=1S/C15H21NO4S/c1-10-5-6-12(14(17)20-4)16-13-11(7-10)8-21(18,19)9-15(13,2)3/h7H,5-6,8-9H2,1-4H3. The quantitative estimate of drug-likeness (QED) is 0.695. The third-order valence-corrected chi connectivity index (χ3v) is 5.66. The molecule has 0 aliphatic carbocycles. The van der Waals surface area contributed by atoms with E-state index in [9.17, 15) is 13.2 Å². The van der Waals surface area contributed by atoms with Crippen LogP contribution in [0.3, 0.4) is 0 Å². The molecule has 0 N–H and O–H groups in total. The molecule has 0 radical (unpaired) electrons. The van der Waals surface area contributed by atoms with Gasteiger partial charge in [0.15, 0.2) is 9.84 Å². The molecule has 0 aromatic heterocycles. The van der Waals surface area contributed by atoms with Crippen LogP contribution in [-0.2, 0) is 19.4 Å². The monoisotopic (exact) mass is 311 g/mol. The Morgan fingerprint density at radius 1 is 1.33 bits per heavy atom. The second kappa shape index (κ2) is 5.40. The van der Waals surface area contributed by atoms with E-state index in [2.05, 4.69) is 4.99 Å². The number of carbonyl (C=O) groups excluding carboxylic acids is 1. The minimum absolute atomic E-state index is 0.0128. The van der Waals surface area contributed by atoms with Gasteiger partial charge in [0.2, 0.25) is 0 Å². The van der Waals surface area contributed by atoms with Crippen LogP contribution in [0.15, 0.2) is 27.9 Å². The molecule has 5 nitrogen and oxygen atoms in total. The Morgan fingerprint density at radius 3 is 2.62 bits per heavy atom. The van der Waals surface area contributed by atoms with Gasteiger partial charge in [-0.05, 0) is 18.9 Å². The molecule has 0 saturated heterocycles. The molecule has 2 aliphatic rings. The first kappa shape index (κ1) is 15.9. The summed E-state index contributed by atoms with van der Waals surface area (Å²) in [5, 5.41) is 0. The Balaban J connectivity index is 2.64. The van der Waals surface area contributed by atoms with Gasteiger partial charge in [0.05, 0.1) is 24.3 Å². The van der Waals surface area contributed by atoms with Gasteiger partial charge in [-0.2, -0.15) is 0 Å². The van der Waals surface area contributed by atoms with E-state index in [1.54, 1.807) is 0 Å². The predicted octanol–water partition coefficient (Wildman–Crippen LogP) is 2.05. The largest absolute Gasteiger partial charge is 0.465 e. The first-order valence-corrected chi connectivity index (χ1v) is 8.74. The third kappa shape index (κ3) is 3.43. The molecule has 21 heavy (non-hydrogen) atoms. The lowest BCUT2D eigenvalue weighted by atomic mass is 9.87. The van der Waals surface area contributed by atoms with Crippen LogP contribution >= 0.6 is 0 Å². The normalized spacial score (nSPS) is 24.2. The number of methoxy groups -OCH3 is 1. The number of nitrogens with zero attached hydrogens (tertiary/aromatic N) is 1. The van der Waals surface area contributed by atoms with Gasteiger partial charge in [-0.15, -0.1) is 0 Å². The second-order valence-electron chi connectivity index (χ2n) is 6.33. The minimum Gasteiger partial charge on any atom is -0.465 e. The van der Waals surface area contributed by atoms with E-state index in [0.717, 1.165) is 5.57 Å². The highest BCUT2D eigenvalue weighted by atomic mass is 32.2. The van der Waals surface area contributed by atoms with Gasteiger partial charge in [0, 0.05) is 11.8 Å². The highest BCUT2D eigenvalue weighted by Gasteiger charge is 2.38. The molecular formula is C15H21NO4S. The number of rotatable bonds is 1. The van der Waals surface area contributed by atoms with Crippen molar-refractivity contribution in [2.24, 2.45) is 10.4 Å². The first-order chi connectivity index (χ1) is 9.64. The van der Waals surface area contributed by atoms with E-state index < -0.39 is 21.2 Å². The molecule has 6 heteroatoms. The summed E-state index contributed by atoms with van der Waals surface area (Å²) in [7, 11) is -1.81. The Bertz CT molecular complexity index is 666. The summed E-state index contributed by atoms with van der Waals surface area (Å²) >= 11 is 0. The molecule has 0 bridgehead atoms. The van der Waals surface area contributed by atoms with Gasteiger partial charge in [-0.25, -0.2) is 18.2 Å². The lowest BCUT2D eigenvalue weighted by molar-refractivity contribution is -0.132. The van der Waals surface area contributed by atoms with Gasteiger partial charge >= 0.3 is 5.97 Å². The van der Waals surface area contributed by atoms with Crippen LogP contribution in [0.1, 0.15) is 33.6 Å². The smallest absolute Gasteiger partial charge is 0.352 e. The number of hydrogen-bond acceptors (Lipinski definition) is 5. The van der Waals surface area contributed by atoms with E-state index in [1.165, 1.54) is 7.11 Å². The summed E-state index contributed by atoms with van der Waals surface area (Å²) in [5.41, 5.74) is 2.19. The molecule has 0 saturated carbocycles. The number of hydrogen-bond donors (Lipinski definition) is 0. The minimum atomic E-state index is -3.14. The Hall–Kier alpha value is -1.43. The molecule has 0 unspecified atom stereocenters. The molecule has 2 rings (SSSR count). The maximum Gasteiger partial charge on any atom is 0.352 e. The van der Waals surface area contributed by atoms with E-state index >= 15 is 0 Å². The average molecular weight is 311 g/mol. The molecule has 0 spiro atoms. The number of sulfone groups is 1. The molecule has 116 valence electrons. The average Bonchev–Trinajstić information content (AvgIpc) is 2.31. The molecular weight excluding hydrogens is 290 g/mol. The Morgan fingerprint density at radius 2 is 2.00 bits per heavy atom. The number of esters is 1. The second-order valence-corrected chi connectivity index (χ2v) is 8.40. The summed E-state index contributed by atoms with van der Waals surface area (Å²) in [5.74, 6) is -0.411. The van der Waals surface area contributed by atoms with Gasteiger partial charge in [0.25, 0.3) is 0 Å². The SMILES string of the molecule is COC(=O)C1=NC2=C(C=C(C)CC1)CS(=O)(=O)CC2(C)C. The van der Waals surface area contributed by atoms with E-state index in [0.29, 0.717) is 29.8 Å². The van der Waals surface area contributed by atoms with Gasteiger partial charge in [-0.1, -0.05) is 25.5 Å². The topological polar surface area (TPSA) is 72.8 Å². The van der Waals surface area contributed by atoms with Crippen LogP contribution in [0.25, 0.3) is 0 Å². The van der Waals surface area contributed by atoms with E-state index in [1.807, 2.05) is 26.8 Å². The van der Waals surface area contributed by atoms with Crippen LogP contribution in [0.4, 0.5) is 0 Å². The molecule has 2 heterocycles. The molecule has 2 aliphatic heterocycles. The molecule has 0 amide bonds. The lowest BCUT2D eigenvalue weighted by Crippen LogP contribution is -2.35. The van der Waals surface area contributed by atoms with Crippen molar-refractivity contribution in [2.45, 2.75) is 33.6 Å². The number of carbonyl (C=O) groups is 1. The summed E-state index contributed by atoms with van der Waals surface area (Å²) in [4.78, 5) is 16.3. The van der Waals surface area contributed by atoms with Crippen LogP contribution in [-0.4, -0.2) is 38.7 Å². The summed E-state index contributed by atoms with van der Waals surface area (Å²) in [6, 6.07) is 0. The van der Waals surface area contributed by atoms with Crippen molar-refractivity contribution in [3.05, 3.63) is 22.9 Å². The van der Waals surface area contributed by atoms with Crippen molar-refractivity contribution >= 4 is 21.5 Å². The fraction of sp³-hybridized carbons (Fsp3) is 0.600. The summed E-state index contributed by atoms with van der Waals surface area (Å²) < 4.78 is 29.0. The predicted molar refractivity (Wildman–Crippen MR) is 81.9 cm³/mol. The maximum atomic E-state index is 12.1. The lowest BCUT2D eigenvalue weighted by Gasteiger charge is -2.32. The summed E-state index contributed by atoms with van der Waals surface area (Å²) in [6.07, 6.45) is 3.09. The van der Waals surface area contributed by atoms with Crippen molar-refractivity contribution in [2.75, 3.05) is 18.6 Å². The zero-order chi connectivity index (χ0) is 15.8. The Kier molecular flexibility index (Phi) is 4.10. The molecule has 0 aromatic carbocycles. The van der Waals surface area contributed by atoms with E-state index in [4.69, 9.17) is 4.74 Å². The maximum absolute atomic E-state index is 12.1. The van der Waals surface area contributed by atoms with Crippen molar-refractivity contribution in [1.29, 1.82) is 0 Å². The van der Waals surface area contributed by atoms with Crippen molar-refractivity contribution in [3.63, 3.8) is 0 Å². The Labute approximate surface area is 125 Å². The molecule has 0 atom stereocenters. The van der Waals surface area contributed by atoms with Crippen molar-refractivity contribution in [3.8, 4) is 0 Å². The van der Waals surface area contributed by atoms with Gasteiger partial charge in [0.1, 0.15) is 5.71 Å². The van der Waals surface area contributed by atoms with Crippen LogP contribution in [0, 0.1) is 5.41 Å². The van der Waals surface area contributed by atoms with Crippen LogP contribution < -0.4 is 0 Å².